The number of imide groups is 2. The van der Waals surface area contributed by atoms with Crippen molar-refractivity contribution >= 4 is 29.3 Å². The van der Waals surface area contributed by atoms with Crippen LogP contribution in [-0.4, -0.2) is 64.8 Å². The minimum absolute atomic E-state index is 0.0564. The van der Waals surface area contributed by atoms with Crippen molar-refractivity contribution in [3.8, 4) is 0 Å². The fraction of sp³-hybridized carbons (Fsp3) is 0.448. The Morgan fingerprint density at radius 2 is 1.87 bits per heavy atom. The van der Waals surface area contributed by atoms with Crippen LogP contribution in [-0.2, 0) is 27.4 Å². The Labute approximate surface area is 226 Å². The van der Waals surface area contributed by atoms with Crippen molar-refractivity contribution in [3.63, 3.8) is 0 Å². The fourth-order valence-electron chi connectivity index (χ4n) is 5.61. The zero-order valence-electron chi connectivity index (χ0n) is 22.2. The number of nitrogens with zero attached hydrogens (tertiary/aromatic N) is 2. The molecule has 0 aliphatic carbocycles. The third-order valence-corrected chi connectivity index (χ3v) is 7.87. The van der Waals surface area contributed by atoms with Crippen LogP contribution in [0.5, 0.6) is 0 Å². The van der Waals surface area contributed by atoms with Crippen molar-refractivity contribution in [2.24, 2.45) is 0 Å². The number of piperidine rings is 2. The largest absolute Gasteiger partial charge is 0.380 e. The lowest BCUT2D eigenvalue weighted by Crippen LogP contribution is -2.54. The maximum Gasteiger partial charge on any atom is 0.264 e. The van der Waals surface area contributed by atoms with E-state index in [1.807, 2.05) is 13.0 Å². The molecule has 3 aliphatic heterocycles. The van der Waals surface area contributed by atoms with Gasteiger partial charge in [-0.2, -0.15) is 0 Å². The van der Waals surface area contributed by atoms with Gasteiger partial charge in [0, 0.05) is 50.5 Å². The molecule has 2 N–H and O–H groups in total. The Bertz CT molecular complexity index is 1320. The molecule has 5 rings (SSSR count). The molecule has 2 aromatic rings. The molecule has 1 unspecified atom stereocenters. The number of fused-ring (bicyclic) bond motifs is 1. The second-order valence-corrected chi connectivity index (χ2v) is 10.6. The summed E-state index contributed by atoms with van der Waals surface area (Å²) in [6, 6.07) is 8.97. The van der Waals surface area contributed by atoms with Gasteiger partial charge in [-0.25, -0.2) is 4.39 Å². The lowest BCUT2D eigenvalue weighted by molar-refractivity contribution is -0.136. The molecule has 1 atom stereocenters. The number of halogens is 1. The van der Waals surface area contributed by atoms with Crippen LogP contribution >= 0.6 is 0 Å². The fourth-order valence-corrected chi connectivity index (χ4v) is 5.61. The van der Waals surface area contributed by atoms with E-state index < -0.39 is 29.7 Å². The number of carbonyl (C=O) groups is 4. The van der Waals surface area contributed by atoms with E-state index in [1.165, 1.54) is 6.07 Å². The Balaban J connectivity index is 1.24. The second kappa shape index (κ2) is 10.9. The molecule has 0 saturated carbocycles. The molecule has 9 nitrogen and oxygen atoms in total. The number of benzene rings is 2. The highest BCUT2D eigenvalue weighted by Crippen LogP contribution is 2.33. The molecule has 0 bridgehead atoms. The monoisotopic (exact) mass is 536 g/mol. The van der Waals surface area contributed by atoms with Crippen LogP contribution in [0.1, 0.15) is 71.4 Å². The van der Waals surface area contributed by atoms with Gasteiger partial charge in [-0.3, -0.25) is 34.3 Å². The normalized spacial score (nSPS) is 21.2. The highest BCUT2D eigenvalue weighted by atomic mass is 19.1. The number of carbonyl (C=O) groups excluding carboxylic acids is 4. The summed E-state index contributed by atoms with van der Waals surface area (Å²) in [4.78, 5) is 53.3. The first-order valence-electron chi connectivity index (χ1n) is 13.4. The summed E-state index contributed by atoms with van der Waals surface area (Å²) in [6.07, 6.45) is 1.97. The third kappa shape index (κ3) is 5.44. The van der Waals surface area contributed by atoms with Crippen LogP contribution in [0.25, 0.3) is 0 Å². The Morgan fingerprint density at radius 1 is 1.10 bits per heavy atom. The number of hydrogen-bond acceptors (Lipinski definition) is 7. The van der Waals surface area contributed by atoms with E-state index >= 15 is 4.39 Å². The van der Waals surface area contributed by atoms with E-state index in [-0.39, 0.29) is 41.9 Å². The number of ether oxygens (including phenoxy) is 1. The average Bonchev–Trinajstić information content (AvgIpc) is 3.16. The van der Waals surface area contributed by atoms with Crippen molar-refractivity contribution in [2.75, 3.05) is 25.0 Å². The second-order valence-electron chi connectivity index (χ2n) is 10.6. The van der Waals surface area contributed by atoms with Crippen molar-refractivity contribution in [1.82, 2.24) is 15.1 Å². The minimum Gasteiger partial charge on any atom is -0.380 e. The van der Waals surface area contributed by atoms with Gasteiger partial charge in [0.15, 0.2) is 0 Å². The van der Waals surface area contributed by atoms with Gasteiger partial charge < -0.3 is 10.1 Å². The van der Waals surface area contributed by atoms with Gasteiger partial charge in [-0.05, 0) is 56.9 Å². The van der Waals surface area contributed by atoms with E-state index in [2.05, 4.69) is 22.5 Å². The summed E-state index contributed by atoms with van der Waals surface area (Å²) < 4.78 is 20.9. The summed E-state index contributed by atoms with van der Waals surface area (Å²) in [6.45, 7) is 7.29. The number of anilines is 1. The number of nitrogens with one attached hydrogen (secondary N) is 2. The summed E-state index contributed by atoms with van der Waals surface area (Å²) >= 11 is 0. The molecule has 206 valence electrons. The molecule has 2 aromatic carbocycles. The summed E-state index contributed by atoms with van der Waals surface area (Å²) in [5, 5.41) is 5.35. The van der Waals surface area contributed by atoms with E-state index in [1.54, 1.807) is 24.3 Å². The molecule has 39 heavy (non-hydrogen) atoms. The van der Waals surface area contributed by atoms with Crippen LogP contribution in [0.15, 0.2) is 36.4 Å². The SMILES string of the molecule is CCOC1(C)CCN(Cc2ccc(CNc3cccc4c3C(=O)N(C3CCC(=O)NC3=O)C4=O)cc2F)CC1. The molecule has 10 heteroatoms. The van der Waals surface area contributed by atoms with Gasteiger partial charge in [0.1, 0.15) is 11.9 Å². The van der Waals surface area contributed by atoms with Gasteiger partial charge in [-0.15, -0.1) is 0 Å². The van der Waals surface area contributed by atoms with E-state index in [9.17, 15) is 19.2 Å². The highest BCUT2D eigenvalue weighted by molar-refractivity contribution is 6.25. The number of hydrogen-bond donors (Lipinski definition) is 2. The maximum absolute atomic E-state index is 15.0. The van der Waals surface area contributed by atoms with Crippen molar-refractivity contribution < 1.29 is 28.3 Å². The van der Waals surface area contributed by atoms with Gasteiger partial charge in [-0.1, -0.05) is 18.2 Å². The summed E-state index contributed by atoms with van der Waals surface area (Å²) in [7, 11) is 0. The highest BCUT2D eigenvalue weighted by Gasteiger charge is 2.45. The molecule has 0 spiro atoms. The zero-order chi connectivity index (χ0) is 27.7. The van der Waals surface area contributed by atoms with E-state index in [0.717, 1.165) is 30.8 Å². The maximum atomic E-state index is 15.0. The Kier molecular flexibility index (Phi) is 7.51. The predicted molar refractivity (Wildman–Crippen MR) is 141 cm³/mol. The average molecular weight is 537 g/mol. The van der Waals surface area contributed by atoms with Crippen LogP contribution in [0.2, 0.25) is 0 Å². The summed E-state index contributed by atoms with van der Waals surface area (Å²) in [5.41, 5.74) is 2.00. The molecule has 3 heterocycles. The molecular weight excluding hydrogens is 503 g/mol. The van der Waals surface area contributed by atoms with Crippen LogP contribution in [0.3, 0.4) is 0 Å². The standard InChI is InChI=1S/C29H33FN4O5/c1-3-39-29(2)11-13-33(14-12-29)17-19-8-7-18(15-21(19)30)16-31-22-6-4-5-20-25(22)28(38)34(27(20)37)23-9-10-24(35)32-26(23)36/h4-8,15,23,31H,3,9-14,16-17H2,1-2H3,(H,32,35,36). The number of likely N-dealkylation sites (tertiary alicyclic amines) is 1. The minimum atomic E-state index is -1.03. The smallest absolute Gasteiger partial charge is 0.264 e. The van der Waals surface area contributed by atoms with Crippen molar-refractivity contribution in [2.45, 2.75) is 64.3 Å². The quantitative estimate of drug-likeness (QED) is 0.499. The molecule has 3 aliphatic rings. The van der Waals surface area contributed by atoms with Crippen LogP contribution in [0.4, 0.5) is 10.1 Å². The van der Waals surface area contributed by atoms with Gasteiger partial charge in [0.05, 0.1) is 16.7 Å². The summed E-state index contributed by atoms with van der Waals surface area (Å²) in [5.74, 6) is -2.52. The van der Waals surface area contributed by atoms with Crippen LogP contribution in [0, 0.1) is 5.82 Å². The van der Waals surface area contributed by atoms with E-state index in [0.29, 0.717) is 30.0 Å². The molecular formula is C29H33FN4O5. The first-order chi connectivity index (χ1) is 18.7. The Hall–Kier alpha value is -3.63. The molecule has 2 saturated heterocycles. The zero-order valence-corrected chi connectivity index (χ0v) is 22.2. The molecule has 2 fully saturated rings. The number of amides is 4. The van der Waals surface area contributed by atoms with Gasteiger partial charge >= 0.3 is 0 Å². The lowest BCUT2D eigenvalue weighted by atomic mass is 9.93. The Morgan fingerprint density at radius 3 is 2.56 bits per heavy atom. The number of rotatable bonds is 8. The third-order valence-electron chi connectivity index (χ3n) is 7.87. The van der Waals surface area contributed by atoms with Gasteiger partial charge in [0.25, 0.3) is 11.8 Å². The molecule has 4 amide bonds. The van der Waals surface area contributed by atoms with Gasteiger partial charge in [0.2, 0.25) is 11.8 Å². The molecule has 0 radical (unpaired) electrons. The first kappa shape index (κ1) is 27.0. The van der Waals surface area contributed by atoms with E-state index in [4.69, 9.17) is 4.74 Å². The topological polar surface area (TPSA) is 108 Å². The first-order valence-corrected chi connectivity index (χ1v) is 13.4. The predicted octanol–water partition coefficient (Wildman–Crippen LogP) is 3.23. The van der Waals surface area contributed by atoms with Crippen molar-refractivity contribution in [1.29, 1.82) is 0 Å². The van der Waals surface area contributed by atoms with Crippen LogP contribution < -0.4 is 10.6 Å². The lowest BCUT2D eigenvalue weighted by Gasteiger charge is -2.39. The van der Waals surface area contributed by atoms with Crippen molar-refractivity contribution in [3.05, 3.63) is 64.5 Å². The molecule has 0 aromatic heterocycles.